The molecule has 0 atom stereocenters. The summed E-state index contributed by atoms with van der Waals surface area (Å²) in [7, 11) is -1.30. The van der Waals surface area contributed by atoms with E-state index >= 15 is 0 Å². The van der Waals surface area contributed by atoms with Gasteiger partial charge in [0.15, 0.2) is 0 Å². The third-order valence-electron chi connectivity index (χ3n) is 4.20. The van der Waals surface area contributed by atoms with E-state index in [-0.39, 0.29) is 41.7 Å². The number of sulfonamides is 1. The van der Waals surface area contributed by atoms with E-state index in [2.05, 4.69) is 4.74 Å². The summed E-state index contributed by atoms with van der Waals surface area (Å²) in [5.41, 5.74) is 0.356. The zero-order valence-electron chi connectivity index (χ0n) is 16.6. The van der Waals surface area contributed by atoms with Crippen molar-refractivity contribution in [1.82, 2.24) is 4.31 Å². The van der Waals surface area contributed by atoms with Crippen molar-refractivity contribution in [3.63, 3.8) is 0 Å². The molecule has 2 aromatic rings. The van der Waals surface area contributed by atoms with Gasteiger partial charge in [0.05, 0.1) is 26.0 Å². The Morgan fingerprint density at radius 3 is 2.34 bits per heavy atom. The quantitative estimate of drug-likeness (QED) is 0.563. The highest BCUT2D eigenvalue weighted by Crippen LogP contribution is 2.28. The molecule has 0 saturated carbocycles. The molecule has 2 rings (SSSR count). The topological polar surface area (TPSA) is 112 Å². The summed E-state index contributed by atoms with van der Waals surface area (Å²) in [5, 5.41) is 0. The molecule has 0 saturated heterocycles. The number of furan rings is 1. The van der Waals surface area contributed by atoms with Gasteiger partial charge in [-0.05, 0) is 24.3 Å². The van der Waals surface area contributed by atoms with Gasteiger partial charge in [-0.1, -0.05) is 13.8 Å². The highest BCUT2D eigenvalue weighted by Gasteiger charge is 2.27. The first kappa shape index (κ1) is 22.4. The van der Waals surface area contributed by atoms with Crippen molar-refractivity contribution in [3.8, 4) is 5.75 Å². The highest BCUT2D eigenvalue weighted by atomic mass is 32.2. The standard InChI is InChI=1S/C19H23NO8S/c1-5-20(6-2)29(23,24)16-11-13(7-8-15(16)25-3)18(21)28-12-14-9-10-27-17(14)19(22)26-4/h7-11H,5-6,12H2,1-4H3. The lowest BCUT2D eigenvalue weighted by Crippen LogP contribution is -2.31. The van der Waals surface area contributed by atoms with Crippen molar-refractivity contribution in [2.45, 2.75) is 25.3 Å². The molecule has 1 aromatic heterocycles. The number of ether oxygens (including phenoxy) is 3. The fourth-order valence-electron chi connectivity index (χ4n) is 2.66. The molecule has 0 spiro atoms. The van der Waals surface area contributed by atoms with E-state index in [1.165, 1.54) is 49.1 Å². The number of methoxy groups -OCH3 is 2. The van der Waals surface area contributed by atoms with Crippen LogP contribution in [-0.4, -0.2) is 52.0 Å². The van der Waals surface area contributed by atoms with Crippen molar-refractivity contribution >= 4 is 22.0 Å². The van der Waals surface area contributed by atoms with Crippen LogP contribution in [0.4, 0.5) is 0 Å². The van der Waals surface area contributed by atoms with Crippen molar-refractivity contribution in [2.24, 2.45) is 0 Å². The summed E-state index contributed by atoms with van der Waals surface area (Å²) < 4.78 is 47.0. The molecule has 10 heteroatoms. The molecule has 0 N–H and O–H groups in total. The molecule has 29 heavy (non-hydrogen) atoms. The van der Waals surface area contributed by atoms with E-state index in [4.69, 9.17) is 13.9 Å². The smallest absolute Gasteiger partial charge is 0.374 e. The van der Waals surface area contributed by atoms with Crippen LogP contribution < -0.4 is 4.74 Å². The molecule has 0 unspecified atom stereocenters. The molecule has 9 nitrogen and oxygen atoms in total. The summed E-state index contributed by atoms with van der Waals surface area (Å²) in [6.07, 6.45) is 1.28. The van der Waals surface area contributed by atoms with Gasteiger partial charge in [0.25, 0.3) is 0 Å². The summed E-state index contributed by atoms with van der Waals surface area (Å²) in [6.45, 7) is 3.73. The first-order valence-electron chi connectivity index (χ1n) is 8.80. The second-order valence-corrected chi connectivity index (χ2v) is 7.70. The number of hydrogen-bond acceptors (Lipinski definition) is 8. The van der Waals surface area contributed by atoms with E-state index in [1.807, 2.05) is 0 Å². The number of esters is 2. The average Bonchev–Trinajstić information content (AvgIpc) is 3.20. The van der Waals surface area contributed by atoms with Crippen LogP contribution in [0.25, 0.3) is 0 Å². The molecule has 0 radical (unpaired) electrons. The fraction of sp³-hybridized carbons (Fsp3) is 0.368. The van der Waals surface area contributed by atoms with Crippen molar-refractivity contribution < 1.29 is 36.6 Å². The Labute approximate surface area is 169 Å². The van der Waals surface area contributed by atoms with E-state index < -0.39 is 22.0 Å². The lowest BCUT2D eigenvalue weighted by Gasteiger charge is -2.20. The molecule has 0 amide bonds. The number of carbonyl (C=O) groups excluding carboxylic acids is 2. The molecule has 0 fully saturated rings. The first-order chi connectivity index (χ1) is 13.8. The van der Waals surface area contributed by atoms with E-state index in [9.17, 15) is 18.0 Å². The third-order valence-corrected chi connectivity index (χ3v) is 6.27. The minimum atomic E-state index is -3.86. The van der Waals surface area contributed by atoms with Crippen molar-refractivity contribution in [1.29, 1.82) is 0 Å². The predicted octanol–water partition coefficient (Wildman–Crippen LogP) is 2.46. The SMILES string of the molecule is CCN(CC)S(=O)(=O)c1cc(C(=O)OCc2ccoc2C(=O)OC)ccc1OC. The summed E-state index contributed by atoms with van der Waals surface area (Å²) in [4.78, 5) is 23.9. The monoisotopic (exact) mass is 425 g/mol. The second kappa shape index (κ2) is 9.57. The predicted molar refractivity (Wildman–Crippen MR) is 102 cm³/mol. The van der Waals surface area contributed by atoms with E-state index in [0.717, 1.165) is 0 Å². The summed E-state index contributed by atoms with van der Waals surface area (Å²) >= 11 is 0. The Morgan fingerprint density at radius 2 is 1.76 bits per heavy atom. The molecule has 1 heterocycles. The van der Waals surface area contributed by atoms with Crippen LogP contribution in [0.3, 0.4) is 0 Å². The molecule has 0 aliphatic rings. The van der Waals surface area contributed by atoms with Crippen LogP contribution >= 0.6 is 0 Å². The molecular weight excluding hydrogens is 402 g/mol. The van der Waals surface area contributed by atoms with Gasteiger partial charge in [-0.25, -0.2) is 18.0 Å². The Bertz CT molecular complexity index is 976. The Balaban J connectivity index is 2.28. The van der Waals surface area contributed by atoms with Gasteiger partial charge >= 0.3 is 11.9 Å². The number of benzene rings is 1. The second-order valence-electron chi connectivity index (χ2n) is 5.80. The maximum absolute atomic E-state index is 12.9. The maximum Gasteiger partial charge on any atom is 0.374 e. The van der Waals surface area contributed by atoms with Gasteiger partial charge in [-0.2, -0.15) is 4.31 Å². The van der Waals surface area contributed by atoms with Gasteiger partial charge in [0, 0.05) is 18.7 Å². The highest BCUT2D eigenvalue weighted by molar-refractivity contribution is 7.89. The van der Waals surface area contributed by atoms with Gasteiger partial charge in [0.2, 0.25) is 15.8 Å². The minimum absolute atomic E-state index is 0.0274. The van der Waals surface area contributed by atoms with Crippen LogP contribution in [0.2, 0.25) is 0 Å². The molecule has 0 aliphatic carbocycles. The molecule has 0 bridgehead atoms. The van der Waals surface area contributed by atoms with Gasteiger partial charge in [-0.15, -0.1) is 0 Å². The minimum Gasteiger partial charge on any atom is -0.495 e. The van der Waals surface area contributed by atoms with Crippen LogP contribution in [0, 0.1) is 0 Å². The van der Waals surface area contributed by atoms with E-state index in [1.54, 1.807) is 13.8 Å². The lowest BCUT2D eigenvalue weighted by molar-refractivity contribution is 0.0453. The van der Waals surface area contributed by atoms with Gasteiger partial charge < -0.3 is 18.6 Å². The third kappa shape index (κ3) is 4.77. The molecule has 158 valence electrons. The Hall–Kier alpha value is -2.85. The normalized spacial score (nSPS) is 11.3. The summed E-state index contributed by atoms with van der Waals surface area (Å²) in [5.74, 6) is -1.41. The van der Waals surface area contributed by atoms with Crippen molar-refractivity contribution in [2.75, 3.05) is 27.3 Å². The van der Waals surface area contributed by atoms with Crippen LogP contribution in [0.15, 0.2) is 39.8 Å². The fourth-order valence-corrected chi connectivity index (χ4v) is 4.30. The lowest BCUT2D eigenvalue weighted by atomic mass is 10.2. The maximum atomic E-state index is 12.9. The first-order valence-corrected chi connectivity index (χ1v) is 10.2. The zero-order chi connectivity index (χ0) is 21.6. The average molecular weight is 425 g/mol. The van der Waals surface area contributed by atoms with Gasteiger partial charge in [0.1, 0.15) is 17.3 Å². The zero-order valence-corrected chi connectivity index (χ0v) is 17.4. The Kier molecular flexibility index (Phi) is 7.40. The van der Waals surface area contributed by atoms with E-state index in [0.29, 0.717) is 5.56 Å². The molecule has 1 aromatic carbocycles. The number of nitrogens with zero attached hydrogens (tertiary/aromatic N) is 1. The molecule has 0 aliphatic heterocycles. The van der Waals surface area contributed by atoms with Gasteiger partial charge in [-0.3, -0.25) is 0 Å². The Morgan fingerprint density at radius 1 is 1.07 bits per heavy atom. The van der Waals surface area contributed by atoms with Crippen LogP contribution in [0.5, 0.6) is 5.75 Å². The largest absolute Gasteiger partial charge is 0.495 e. The number of carbonyl (C=O) groups is 2. The number of hydrogen-bond donors (Lipinski definition) is 0. The molecular formula is C19H23NO8S. The summed E-state index contributed by atoms with van der Waals surface area (Å²) in [6, 6.07) is 5.49. The van der Waals surface area contributed by atoms with Crippen molar-refractivity contribution in [3.05, 3.63) is 47.4 Å². The number of rotatable bonds is 9. The van der Waals surface area contributed by atoms with Crippen LogP contribution in [-0.2, 0) is 26.1 Å². The van der Waals surface area contributed by atoms with Crippen LogP contribution in [0.1, 0.15) is 40.3 Å².